The number of rotatable bonds is 4. The molecule has 0 saturated carbocycles. The summed E-state index contributed by atoms with van der Waals surface area (Å²) in [5.41, 5.74) is 10.6. The molecular weight excluding hydrogens is 602 g/mol. The number of ketones is 1. The third-order valence-electron chi connectivity index (χ3n) is 7.23. The molecular formula is C32H31Br2N3O. The van der Waals surface area contributed by atoms with Gasteiger partial charge in [-0.3, -0.25) is 9.69 Å². The maximum atomic E-state index is 13.7. The Balaban J connectivity index is 1.49. The number of carbonyl (C=O) groups excluding carboxylic acids is 1. The van der Waals surface area contributed by atoms with Crippen molar-refractivity contribution in [2.75, 3.05) is 20.1 Å². The third-order valence-corrected chi connectivity index (χ3v) is 8.29. The number of nitrogens with zero attached hydrogens (tertiary/aromatic N) is 3. The van der Waals surface area contributed by atoms with Crippen molar-refractivity contribution < 1.29 is 4.79 Å². The first-order valence-electron chi connectivity index (χ1n) is 12.7. The van der Waals surface area contributed by atoms with Gasteiger partial charge in [-0.05, 0) is 119 Å². The minimum absolute atomic E-state index is 0.130. The molecule has 5 rings (SSSR count). The molecule has 6 heteroatoms. The first-order chi connectivity index (χ1) is 18.1. The molecule has 0 aliphatic carbocycles. The average Bonchev–Trinajstić information content (AvgIpc) is 3.31. The molecule has 0 radical (unpaired) electrons. The second kappa shape index (κ2) is 10.7. The van der Waals surface area contributed by atoms with Gasteiger partial charge in [0.25, 0.3) is 0 Å². The van der Waals surface area contributed by atoms with Crippen LogP contribution in [-0.4, -0.2) is 40.0 Å². The molecule has 194 valence electrons. The summed E-state index contributed by atoms with van der Waals surface area (Å²) in [5.74, 6) is 0.130. The summed E-state index contributed by atoms with van der Waals surface area (Å²) in [5, 5.41) is 0. The molecule has 38 heavy (non-hydrogen) atoms. The van der Waals surface area contributed by atoms with E-state index in [1.54, 1.807) is 0 Å². The first kappa shape index (κ1) is 26.7. The molecule has 1 fully saturated rings. The van der Waals surface area contributed by atoms with E-state index in [-0.39, 0.29) is 5.78 Å². The summed E-state index contributed by atoms with van der Waals surface area (Å²) >= 11 is 7.04. The molecule has 2 aromatic carbocycles. The van der Waals surface area contributed by atoms with Gasteiger partial charge in [-0.15, -0.1) is 0 Å². The summed E-state index contributed by atoms with van der Waals surface area (Å²) < 4.78 is 6.59. The van der Waals surface area contributed by atoms with Gasteiger partial charge in [0.2, 0.25) is 0 Å². The van der Waals surface area contributed by atoms with E-state index in [1.807, 2.05) is 0 Å². The van der Waals surface area contributed by atoms with Crippen molar-refractivity contribution in [3.63, 3.8) is 0 Å². The van der Waals surface area contributed by atoms with Crippen molar-refractivity contribution in [1.29, 1.82) is 0 Å². The Kier molecular flexibility index (Phi) is 7.49. The van der Waals surface area contributed by atoms with Crippen molar-refractivity contribution in [3.8, 4) is 11.4 Å². The molecule has 0 N–H and O–H groups in total. The maximum Gasteiger partial charge on any atom is 0.187 e. The first-order valence-corrected chi connectivity index (χ1v) is 14.2. The van der Waals surface area contributed by atoms with Gasteiger partial charge in [0.05, 0.1) is 0 Å². The van der Waals surface area contributed by atoms with E-state index < -0.39 is 0 Å². The second-order valence-corrected chi connectivity index (χ2v) is 11.9. The number of Topliss-reactive ketones (excluding diaryl/α,β-unsaturated/α-hetero) is 1. The average molecular weight is 633 g/mol. The number of piperidine rings is 1. The van der Waals surface area contributed by atoms with Crippen LogP contribution < -0.4 is 0 Å². The van der Waals surface area contributed by atoms with E-state index in [4.69, 9.17) is 0 Å². The van der Waals surface area contributed by atoms with Gasteiger partial charge in [0, 0.05) is 67.3 Å². The van der Waals surface area contributed by atoms with Gasteiger partial charge >= 0.3 is 0 Å². The standard InChI is InChI=1S/C32H31Br2N3O/c1-20-14-24(22(3)36(20)30-10-6-28(33)7-11-30)16-26-18-35(5)19-27(32(26)38)17-25-15-21(2)37(23(25)4)31-12-8-29(34)9-13-31/h6-17H,18-19H2,1-5H3. The summed E-state index contributed by atoms with van der Waals surface area (Å²) in [6.07, 6.45) is 4.16. The molecule has 0 spiro atoms. The Morgan fingerprint density at radius 2 is 1.03 bits per heavy atom. The number of aryl methyl sites for hydroxylation is 2. The van der Waals surface area contributed by atoms with E-state index in [0.29, 0.717) is 13.1 Å². The fourth-order valence-electron chi connectivity index (χ4n) is 5.43. The van der Waals surface area contributed by atoms with Crippen LogP contribution in [-0.2, 0) is 4.79 Å². The summed E-state index contributed by atoms with van der Waals surface area (Å²) in [6, 6.07) is 21.0. The Morgan fingerprint density at radius 3 is 1.39 bits per heavy atom. The highest BCUT2D eigenvalue weighted by molar-refractivity contribution is 9.10. The van der Waals surface area contributed by atoms with Crippen molar-refractivity contribution >= 4 is 49.8 Å². The minimum atomic E-state index is 0.130. The lowest BCUT2D eigenvalue weighted by atomic mass is 9.94. The maximum absolute atomic E-state index is 13.7. The molecule has 0 unspecified atom stereocenters. The number of benzene rings is 2. The van der Waals surface area contributed by atoms with E-state index >= 15 is 0 Å². The quantitative estimate of drug-likeness (QED) is 0.213. The molecule has 2 aromatic heterocycles. The SMILES string of the molecule is Cc1cc(C=C2CN(C)CC(=Cc3cc(C)n(-c4ccc(Br)cc4)c3C)C2=O)c(C)n1-c1ccc(Br)cc1. The van der Waals surface area contributed by atoms with Crippen LogP contribution in [0.5, 0.6) is 0 Å². The van der Waals surface area contributed by atoms with Crippen LogP contribution in [0.4, 0.5) is 0 Å². The van der Waals surface area contributed by atoms with E-state index in [1.165, 1.54) is 0 Å². The number of likely N-dealkylation sites (N-methyl/N-ethyl adjacent to an activating group) is 1. The van der Waals surface area contributed by atoms with Crippen LogP contribution in [0.3, 0.4) is 0 Å². The predicted molar refractivity (Wildman–Crippen MR) is 164 cm³/mol. The summed E-state index contributed by atoms with van der Waals surface area (Å²) in [6.45, 7) is 9.72. The number of hydrogen-bond donors (Lipinski definition) is 0. The topological polar surface area (TPSA) is 30.2 Å². The van der Waals surface area contributed by atoms with Crippen molar-refractivity contribution in [3.05, 3.63) is 115 Å². The molecule has 0 bridgehead atoms. The lowest BCUT2D eigenvalue weighted by Gasteiger charge is -2.26. The van der Waals surface area contributed by atoms with Crippen LogP contribution in [0.15, 0.2) is 80.8 Å². The van der Waals surface area contributed by atoms with Crippen LogP contribution in [0.25, 0.3) is 23.5 Å². The minimum Gasteiger partial charge on any atom is -0.318 e. The molecule has 1 aliphatic heterocycles. The normalized spacial score (nSPS) is 16.7. The van der Waals surface area contributed by atoms with Crippen LogP contribution in [0.2, 0.25) is 0 Å². The fourth-order valence-corrected chi connectivity index (χ4v) is 5.96. The third kappa shape index (κ3) is 5.18. The molecule has 4 aromatic rings. The second-order valence-electron chi connectivity index (χ2n) is 10.1. The van der Waals surface area contributed by atoms with E-state index in [9.17, 15) is 4.79 Å². The van der Waals surface area contributed by atoms with Gasteiger partial charge in [0.15, 0.2) is 5.78 Å². The zero-order valence-electron chi connectivity index (χ0n) is 22.3. The molecule has 4 nitrogen and oxygen atoms in total. The zero-order chi connectivity index (χ0) is 27.1. The Hall–Kier alpha value is -2.93. The Bertz CT molecular complexity index is 1470. The van der Waals surface area contributed by atoms with Crippen LogP contribution in [0, 0.1) is 27.7 Å². The van der Waals surface area contributed by atoms with Crippen LogP contribution in [0.1, 0.15) is 33.9 Å². The highest BCUT2D eigenvalue weighted by Crippen LogP contribution is 2.29. The number of hydrogen-bond acceptors (Lipinski definition) is 2. The lowest BCUT2D eigenvalue weighted by Crippen LogP contribution is -2.34. The van der Waals surface area contributed by atoms with Gasteiger partial charge in [0.1, 0.15) is 0 Å². The zero-order valence-corrected chi connectivity index (χ0v) is 25.5. The largest absolute Gasteiger partial charge is 0.318 e. The fraction of sp³-hybridized carbons (Fsp3) is 0.219. The Labute approximate surface area is 241 Å². The Morgan fingerprint density at radius 1 is 0.658 bits per heavy atom. The number of carbonyl (C=O) groups is 1. The number of likely N-dealkylation sites (tertiary alicyclic amines) is 1. The van der Waals surface area contributed by atoms with Gasteiger partial charge < -0.3 is 9.13 Å². The highest BCUT2D eigenvalue weighted by Gasteiger charge is 2.25. The van der Waals surface area contributed by atoms with Gasteiger partial charge in [-0.2, -0.15) is 0 Å². The van der Waals surface area contributed by atoms with Crippen LogP contribution >= 0.6 is 31.9 Å². The monoisotopic (exact) mass is 631 g/mol. The predicted octanol–water partition coefficient (Wildman–Crippen LogP) is 8.01. The molecule has 3 heterocycles. The van der Waals surface area contributed by atoms with Gasteiger partial charge in [-0.1, -0.05) is 31.9 Å². The van der Waals surface area contributed by atoms with Crippen molar-refractivity contribution in [2.24, 2.45) is 0 Å². The molecule has 0 atom stereocenters. The number of halogens is 2. The van der Waals surface area contributed by atoms with E-state index in [2.05, 4.69) is 153 Å². The van der Waals surface area contributed by atoms with Crippen molar-refractivity contribution in [2.45, 2.75) is 27.7 Å². The van der Waals surface area contributed by atoms with Gasteiger partial charge in [-0.25, -0.2) is 0 Å². The van der Waals surface area contributed by atoms with E-state index in [0.717, 1.165) is 65.4 Å². The van der Waals surface area contributed by atoms with Crippen molar-refractivity contribution in [1.82, 2.24) is 14.0 Å². The molecule has 0 amide bonds. The molecule has 1 saturated heterocycles. The summed E-state index contributed by atoms with van der Waals surface area (Å²) in [7, 11) is 2.07. The highest BCUT2D eigenvalue weighted by atomic mass is 79.9. The number of aromatic nitrogens is 2. The smallest absolute Gasteiger partial charge is 0.187 e. The summed E-state index contributed by atoms with van der Waals surface area (Å²) in [4.78, 5) is 15.9. The molecule has 1 aliphatic rings. The lowest BCUT2D eigenvalue weighted by molar-refractivity contribution is -0.113.